The maximum atomic E-state index is 13.8. The fourth-order valence-corrected chi connectivity index (χ4v) is 2.90. The number of hydrogen-bond acceptors (Lipinski definition) is 5. The van der Waals surface area contributed by atoms with Gasteiger partial charge in [0.2, 0.25) is 0 Å². The molecule has 0 bridgehead atoms. The number of rotatable bonds is 5. The number of aromatic carboxylic acids is 1. The molecular formula is C20H14F2N3NaO2. The number of carbonyl (C=O) groups is 1. The third-order valence-corrected chi connectivity index (χ3v) is 4.43. The summed E-state index contributed by atoms with van der Waals surface area (Å²) >= 11 is 0. The van der Waals surface area contributed by atoms with Gasteiger partial charge in [-0.2, -0.15) is 0 Å². The van der Waals surface area contributed by atoms with Gasteiger partial charge in [-0.3, -0.25) is 0 Å². The van der Waals surface area contributed by atoms with Crippen LogP contribution in [0.2, 0.25) is 0 Å². The molecule has 1 N–H and O–H groups in total. The minimum absolute atomic E-state index is 0. The summed E-state index contributed by atoms with van der Waals surface area (Å²) < 4.78 is 27.7. The normalized spacial score (nSPS) is 12.9. The third kappa shape index (κ3) is 4.22. The average Bonchev–Trinajstić information content (AvgIpc) is 3.48. The number of hydrogen-bond donors (Lipinski definition) is 1. The molecule has 3 aromatic rings. The number of nitrogens with one attached hydrogen (secondary N) is 1. The van der Waals surface area contributed by atoms with Crippen LogP contribution in [-0.4, -0.2) is 15.9 Å². The van der Waals surface area contributed by atoms with Crippen LogP contribution in [0.4, 0.5) is 20.2 Å². The van der Waals surface area contributed by atoms with Crippen molar-refractivity contribution in [3.05, 3.63) is 71.6 Å². The second-order valence-electron chi connectivity index (χ2n) is 6.38. The van der Waals surface area contributed by atoms with Gasteiger partial charge in [-0.05, 0) is 48.6 Å². The number of carboxylic acid groups (broad SMARTS) is 1. The number of carboxylic acids is 1. The smallest absolute Gasteiger partial charge is 0.545 e. The predicted molar refractivity (Wildman–Crippen MR) is 93.4 cm³/mol. The molecule has 0 saturated heterocycles. The van der Waals surface area contributed by atoms with Crippen LogP contribution < -0.4 is 40.0 Å². The summed E-state index contributed by atoms with van der Waals surface area (Å²) in [7, 11) is 0. The van der Waals surface area contributed by atoms with Crippen LogP contribution in [0.1, 0.15) is 34.7 Å². The fraction of sp³-hybridized carbons (Fsp3) is 0.150. The molecule has 4 rings (SSSR count). The zero-order valence-electron chi connectivity index (χ0n) is 15.1. The van der Waals surface area contributed by atoms with Crippen molar-refractivity contribution in [3.8, 4) is 11.4 Å². The topological polar surface area (TPSA) is 77.9 Å². The minimum atomic E-state index is -1.29. The van der Waals surface area contributed by atoms with E-state index in [2.05, 4.69) is 15.3 Å². The van der Waals surface area contributed by atoms with Crippen molar-refractivity contribution in [1.29, 1.82) is 0 Å². The van der Waals surface area contributed by atoms with Crippen molar-refractivity contribution in [3.63, 3.8) is 0 Å². The van der Waals surface area contributed by atoms with Gasteiger partial charge in [-0.1, -0.05) is 12.1 Å². The molecule has 0 spiro atoms. The van der Waals surface area contributed by atoms with Crippen molar-refractivity contribution < 1.29 is 48.2 Å². The molecule has 1 heterocycles. The van der Waals surface area contributed by atoms with Gasteiger partial charge in [0.15, 0.2) is 5.82 Å². The van der Waals surface area contributed by atoms with E-state index in [0.29, 0.717) is 17.3 Å². The molecule has 1 aliphatic carbocycles. The van der Waals surface area contributed by atoms with Gasteiger partial charge in [0.1, 0.15) is 11.6 Å². The van der Waals surface area contributed by atoms with Gasteiger partial charge in [0.05, 0.1) is 29.6 Å². The van der Waals surface area contributed by atoms with Gasteiger partial charge in [-0.15, -0.1) is 0 Å². The number of benzene rings is 2. The summed E-state index contributed by atoms with van der Waals surface area (Å²) in [6.07, 6.45) is 4.78. The maximum Gasteiger partial charge on any atom is 1.00 e. The standard InChI is InChI=1S/C20H15F2N3O2.Na/c21-15-2-1-3-16(22)18(15)19-23-9-13(10-24-19)25-17-7-6-12(11-4-5-11)8-14(17)20(26)27;/h1-3,6-11,25H,4-5H2,(H,26,27);/q;+1/p-1. The predicted octanol–water partition coefficient (Wildman–Crippen LogP) is 0.410. The first kappa shape index (κ1) is 20.4. The average molecular weight is 389 g/mol. The Labute approximate surface area is 182 Å². The van der Waals surface area contributed by atoms with E-state index in [0.717, 1.165) is 30.5 Å². The minimum Gasteiger partial charge on any atom is -0.545 e. The van der Waals surface area contributed by atoms with Crippen molar-refractivity contribution in [2.24, 2.45) is 0 Å². The zero-order valence-corrected chi connectivity index (χ0v) is 17.1. The second-order valence-corrected chi connectivity index (χ2v) is 6.38. The van der Waals surface area contributed by atoms with Gasteiger partial charge in [0.25, 0.3) is 0 Å². The van der Waals surface area contributed by atoms with Gasteiger partial charge >= 0.3 is 29.6 Å². The Morgan fingerprint density at radius 1 is 1.07 bits per heavy atom. The van der Waals surface area contributed by atoms with E-state index in [1.165, 1.54) is 18.5 Å². The van der Waals surface area contributed by atoms with Crippen molar-refractivity contribution in [2.45, 2.75) is 18.8 Å². The molecule has 1 aliphatic rings. The molecule has 0 amide bonds. The number of nitrogens with zero attached hydrogens (tertiary/aromatic N) is 2. The van der Waals surface area contributed by atoms with E-state index < -0.39 is 17.6 Å². The first-order chi connectivity index (χ1) is 13.0. The van der Waals surface area contributed by atoms with Gasteiger partial charge in [0, 0.05) is 11.3 Å². The Morgan fingerprint density at radius 2 is 1.71 bits per heavy atom. The summed E-state index contributed by atoms with van der Waals surface area (Å²) in [5.74, 6) is -2.49. The molecule has 0 aliphatic heterocycles. The molecule has 0 radical (unpaired) electrons. The van der Waals surface area contributed by atoms with Crippen molar-refractivity contribution in [2.75, 3.05) is 5.32 Å². The van der Waals surface area contributed by atoms with Crippen LogP contribution in [0, 0.1) is 11.6 Å². The third-order valence-electron chi connectivity index (χ3n) is 4.43. The molecular weight excluding hydrogens is 375 g/mol. The maximum absolute atomic E-state index is 13.8. The Balaban J connectivity index is 0.00000225. The largest absolute Gasteiger partial charge is 1.00 e. The Kier molecular flexibility index (Phi) is 6.07. The van der Waals surface area contributed by atoms with Crippen LogP contribution in [0.5, 0.6) is 0 Å². The number of carbonyl (C=O) groups excluding carboxylic acids is 1. The summed E-state index contributed by atoms with van der Waals surface area (Å²) in [5, 5.41) is 14.4. The Hall–Kier alpha value is -2.35. The molecule has 1 saturated carbocycles. The molecule has 5 nitrogen and oxygen atoms in total. The van der Waals surface area contributed by atoms with Crippen LogP contribution in [0.15, 0.2) is 48.8 Å². The van der Waals surface area contributed by atoms with Crippen LogP contribution >= 0.6 is 0 Å². The van der Waals surface area contributed by atoms with E-state index in [1.54, 1.807) is 12.1 Å². The molecule has 1 aromatic heterocycles. The fourth-order valence-electron chi connectivity index (χ4n) is 2.90. The first-order valence-electron chi connectivity index (χ1n) is 8.41. The summed E-state index contributed by atoms with van der Waals surface area (Å²) in [5.41, 5.74) is 1.43. The summed E-state index contributed by atoms with van der Waals surface area (Å²) in [6, 6.07) is 8.67. The molecule has 136 valence electrons. The number of aromatic nitrogens is 2. The molecule has 2 aromatic carbocycles. The zero-order chi connectivity index (χ0) is 19.0. The van der Waals surface area contributed by atoms with Crippen LogP contribution in [0.3, 0.4) is 0 Å². The SMILES string of the molecule is O=C([O-])c1cc(C2CC2)ccc1Nc1cnc(-c2c(F)cccc2F)nc1.[Na+]. The molecule has 28 heavy (non-hydrogen) atoms. The number of anilines is 2. The van der Waals surface area contributed by atoms with Gasteiger partial charge < -0.3 is 15.2 Å². The molecule has 1 fully saturated rings. The second kappa shape index (κ2) is 8.34. The van der Waals surface area contributed by atoms with Crippen molar-refractivity contribution in [1.82, 2.24) is 9.97 Å². The monoisotopic (exact) mass is 389 g/mol. The summed E-state index contributed by atoms with van der Waals surface area (Å²) in [4.78, 5) is 19.4. The van der Waals surface area contributed by atoms with Crippen LogP contribution in [-0.2, 0) is 0 Å². The van der Waals surface area contributed by atoms with E-state index >= 15 is 0 Å². The molecule has 0 unspecified atom stereocenters. The number of halogens is 2. The van der Waals surface area contributed by atoms with E-state index in [1.807, 2.05) is 6.07 Å². The van der Waals surface area contributed by atoms with E-state index in [9.17, 15) is 18.7 Å². The molecule has 8 heteroatoms. The Bertz CT molecular complexity index is 1000. The summed E-state index contributed by atoms with van der Waals surface area (Å²) in [6.45, 7) is 0. The van der Waals surface area contributed by atoms with Gasteiger partial charge in [-0.25, -0.2) is 18.7 Å². The van der Waals surface area contributed by atoms with E-state index in [-0.39, 0.29) is 46.5 Å². The van der Waals surface area contributed by atoms with Crippen molar-refractivity contribution >= 4 is 17.3 Å². The first-order valence-corrected chi connectivity index (χ1v) is 8.41. The van der Waals surface area contributed by atoms with Crippen LogP contribution in [0.25, 0.3) is 11.4 Å². The van der Waals surface area contributed by atoms with E-state index in [4.69, 9.17) is 0 Å². The molecule has 0 atom stereocenters. The Morgan fingerprint density at radius 3 is 2.29 bits per heavy atom. The quantitative estimate of drug-likeness (QED) is 0.640.